The van der Waals surface area contributed by atoms with Crippen LogP contribution in [0.4, 0.5) is 42.0 Å². The number of nitrogens with zero attached hydrogens (tertiary/aromatic N) is 2. The lowest BCUT2D eigenvalue weighted by molar-refractivity contribution is -0.156. The van der Waals surface area contributed by atoms with Crippen LogP contribution >= 0.6 is 22.9 Å². The number of aldehydes is 1. The van der Waals surface area contributed by atoms with E-state index in [0.717, 1.165) is 28.9 Å². The Morgan fingerprint density at radius 3 is 2.50 bits per heavy atom. The molecule has 0 atom stereocenters. The molecule has 3 heterocycles. The average Bonchev–Trinajstić information content (AvgIpc) is 3.42. The number of hydrogen-bond donors (Lipinski definition) is 3. The van der Waals surface area contributed by atoms with Crippen molar-refractivity contribution in [3.63, 3.8) is 0 Å². The molecular weight excluding hydrogens is 563 g/mol. The number of rotatable bonds is 3. The second-order valence-electron chi connectivity index (χ2n) is 7.91. The third-order valence-corrected chi connectivity index (χ3v) is 8.16. The molecule has 0 amide bonds. The minimum absolute atomic E-state index is 0.274. The molecule has 8 nitrogen and oxygen atoms in total. The molecule has 1 aliphatic rings. The summed E-state index contributed by atoms with van der Waals surface area (Å²) in [5.74, 6) is 0.881. The number of alkyl halides is 3. The second-order valence-corrected chi connectivity index (χ2v) is 11.2. The number of halogens is 4. The molecule has 4 aromatic rings. The lowest BCUT2D eigenvalue weighted by Crippen LogP contribution is -2.13. The van der Waals surface area contributed by atoms with Crippen molar-refractivity contribution in [1.82, 2.24) is 9.97 Å². The summed E-state index contributed by atoms with van der Waals surface area (Å²) < 4.78 is 59.9. The van der Waals surface area contributed by atoms with Crippen molar-refractivity contribution in [2.75, 3.05) is 15.4 Å². The Balaban J connectivity index is 0.000000505. The molecule has 6 bridgehead atoms. The van der Waals surface area contributed by atoms with Crippen LogP contribution in [0.15, 0.2) is 70.4 Å². The first-order valence-electron chi connectivity index (χ1n) is 10.9. The summed E-state index contributed by atoms with van der Waals surface area (Å²) in [7, 11) is -3.66. The molecule has 0 radical (unpaired) electrons. The smallest absolute Gasteiger partial charge is 0.339 e. The standard InChI is InChI=1S/C22H18ClN5O2S2.C2HF3O/c23-18-13-24-22-26-16-4-1-3-14(11-16)6-7-15-12-17(25-21(18)27-22)8-9-19(15)28-32(29,30)20-5-2-10-31-20;3-2(4,5)1-6/h1-5,8-13,28H,6-7H2,(H2,24,25,26,27);1H. The summed E-state index contributed by atoms with van der Waals surface area (Å²) in [6, 6.07) is 16.7. The van der Waals surface area contributed by atoms with Gasteiger partial charge < -0.3 is 10.6 Å². The predicted molar refractivity (Wildman–Crippen MR) is 141 cm³/mol. The van der Waals surface area contributed by atoms with Crippen LogP contribution in [-0.4, -0.2) is 30.8 Å². The van der Waals surface area contributed by atoms with Crippen LogP contribution in [0.25, 0.3) is 0 Å². The molecule has 0 fully saturated rings. The van der Waals surface area contributed by atoms with Gasteiger partial charge in [0.05, 0.1) is 11.9 Å². The molecule has 0 spiro atoms. The molecule has 0 aliphatic carbocycles. The number of benzene rings is 2. The maximum absolute atomic E-state index is 12.8. The Hall–Kier alpha value is -3.68. The minimum atomic E-state index is -4.64. The van der Waals surface area contributed by atoms with Gasteiger partial charge in [-0.2, -0.15) is 18.2 Å². The molecular formula is C24H19ClF3N5O3S2. The zero-order chi connectivity index (χ0) is 27.3. The number of aryl methyl sites for hydroxylation is 2. The molecule has 198 valence electrons. The molecule has 0 saturated carbocycles. The Kier molecular flexibility index (Phi) is 8.19. The Morgan fingerprint density at radius 2 is 1.79 bits per heavy atom. The lowest BCUT2D eigenvalue weighted by atomic mass is 10.0. The lowest BCUT2D eigenvalue weighted by Gasteiger charge is -2.15. The SMILES string of the molecule is O=CC(F)(F)F.O=S(=O)(Nc1ccc2cc1CCc1cccc(c1)Nc1ncc(Cl)c(n1)N2)c1cccs1. The van der Waals surface area contributed by atoms with E-state index in [4.69, 9.17) is 16.4 Å². The Morgan fingerprint density at radius 1 is 1.03 bits per heavy atom. The van der Waals surface area contributed by atoms with Gasteiger partial charge in [-0.05, 0) is 65.7 Å². The maximum atomic E-state index is 12.8. The highest BCUT2D eigenvalue weighted by Crippen LogP contribution is 2.31. The molecule has 14 heteroatoms. The third-order valence-electron chi connectivity index (χ3n) is 5.12. The maximum Gasteiger partial charge on any atom is 0.446 e. The minimum Gasteiger partial charge on any atom is -0.339 e. The molecule has 2 aromatic carbocycles. The molecule has 1 aliphatic heterocycles. The number of anilines is 5. The van der Waals surface area contributed by atoms with Crippen LogP contribution < -0.4 is 15.4 Å². The topological polar surface area (TPSA) is 113 Å². The summed E-state index contributed by atoms with van der Waals surface area (Å²) in [4.78, 5) is 17.4. The number of nitrogens with one attached hydrogen (secondary N) is 3. The normalized spacial score (nSPS) is 12.7. The van der Waals surface area contributed by atoms with E-state index in [2.05, 4.69) is 25.3 Å². The van der Waals surface area contributed by atoms with Gasteiger partial charge >= 0.3 is 6.18 Å². The van der Waals surface area contributed by atoms with E-state index in [9.17, 15) is 21.6 Å². The van der Waals surface area contributed by atoms with E-state index in [-0.39, 0.29) is 4.21 Å². The molecule has 0 saturated heterocycles. The molecule has 38 heavy (non-hydrogen) atoms. The number of fused-ring (bicyclic) bond motifs is 6. The van der Waals surface area contributed by atoms with Crippen molar-refractivity contribution in [3.8, 4) is 0 Å². The van der Waals surface area contributed by atoms with Crippen molar-refractivity contribution in [3.05, 3.63) is 82.3 Å². The van der Waals surface area contributed by atoms with Gasteiger partial charge in [0.2, 0.25) is 12.2 Å². The van der Waals surface area contributed by atoms with Gasteiger partial charge in [0.25, 0.3) is 10.0 Å². The predicted octanol–water partition coefficient (Wildman–Crippen LogP) is 6.33. The third kappa shape index (κ3) is 7.21. The first-order chi connectivity index (χ1) is 18.0. The summed E-state index contributed by atoms with van der Waals surface area (Å²) in [6.45, 7) is 0. The van der Waals surface area contributed by atoms with Crippen molar-refractivity contribution in [1.29, 1.82) is 0 Å². The van der Waals surface area contributed by atoms with Crippen LogP contribution in [0.1, 0.15) is 11.1 Å². The fourth-order valence-corrected chi connectivity index (χ4v) is 5.69. The summed E-state index contributed by atoms with van der Waals surface area (Å²) in [5, 5.41) is 8.54. The van der Waals surface area contributed by atoms with E-state index in [1.165, 1.54) is 17.5 Å². The van der Waals surface area contributed by atoms with E-state index < -0.39 is 22.5 Å². The van der Waals surface area contributed by atoms with E-state index in [0.29, 0.717) is 28.9 Å². The Labute approximate surface area is 225 Å². The number of hydrogen-bond acceptors (Lipinski definition) is 8. The van der Waals surface area contributed by atoms with Crippen LogP contribution in [0.2, 0.25) is 5.02 Å². The number of carbonyl (C=O) groups excluding carboxylic acids is 1. The Bertz CT molecular complexity index is 1550. The highest BCUT2D eigenvalue weighted by Gasteiger charge is 2.25. The highest BCUT2D eigenvalue weighted by atomic mass is 35.5. The largest absolute Gasteiger partial charge is 0.446 e. The fourth-order valence-electron chi connectivity index (χ4n) is 3.45. The van der Waals surface area contributed by atoms with E-state index >= 15 is 0 Å². The summed E-state index contributed by atoms with van der Waals surface area (Å²) in [6.07, 6.45) is -2.80. The van der Waals surface area contributed by atoms with Gasteiger partial charge in [-0.3, -0.25) is 9.52 Å². The highest BCUT2D eigenvalue weighted by molar-refractivity contribution is 7.94. The molecule has 2 aromatic heterocycles. The zero-order valence-electron chi connectivity index (χ0n) is 19.3. The number of carbonyl (C=O) groups is 1. The van der Waals surface area contributed by atoms with Crippen molar-refractivity contribution in [2.24, 2.45) is 0 Å². The fraction of sp³-hybridized carbons (Fsp3) is 0.125. The van der Waals surface area contributed by atoms with Crippen molar-refractivity contribution < 1.29 is 26.4 Å². The number of aromatic nitrogens is 2. The zero-order valence-corrected chi connectivity index (χ0v) is 21.7. The van der Waals surface area contributed by atoms with Gasteiger partial charge in [-0.25, -0.2) is 13.4 Å². The van der Waals surface area contributed by atoms with Crippen LogP contribution in [0.5, 0.6) is 0 Å². The van der Waals surface area contributed by atoms with E-state index in [1.54, 1.807) is 29.6 Å². The van der Waals surface area contributed by atoms with Gasteiger partial charge in [0.1, 0.15) is 9.23 Å². The monoisotopic (exact) mass is 581 g/mol. The molecule has 3 N–H and O–H groups in total. The number of sulfonamides is 1. The summed E-state index contributed by atoms with van der Waals surface area (Å²) in [5.41, 5.74) is 4.12. The first kappa shape index (κ1) is 27.4. The average molecular weight is 582 g/mol. The molecule has 0 unspecified atom stereocenters. The first-order valence-corrected chi connectivity index (χ1v) is 13.6. The van der Waals surface area contributed by atoms with Gasteiger partial charge in [-0.15, -0.1) is 11.3 Å². The number of thiophene rings is 1. The summed E-state index contributed by atoms with van der Waals surface area (Å²) >= 11 is 7.48. The molecule has 5 rings (SSSR count). The van der Waals surface area contributed by atoms with Crippen LogP contribution in [0, 0.1) is 0 Å². The van der Waals surface area contributed by atoms with E-state index in [1.807, 2.05) is 30.3 Å². The van der Waals surface area contributed by atoms with Gasteiger partial charge in [0.15, 0.2) is 5.82 Å². The van der Waals surface area contributed by atoms with Crippen LogP contribution in [0.3, 0.4) is 0 Å². The van der Waals surface area contributed by atoms with Crippen molar-refractivity contribution >= 4 is 68.1 Å². The quantitative estimate of drug-likeness (QED) is 0.242. The van der Waals surface area contributed by atoms with Crippen LogP contribution in [-0.2, 0) is 27.7 Å². The van der Waals surface area contributed by atoms with Gasteiger partial charge in [0, 0.05) is 11.4 Å². The second kappa shape index (κ2) is 11.4. The van der Waals surface area contributed by atoms with Gasteiger partial charge in [-0.1, -0.05) is 29.8 Å². The van der Waals surface area contributed by atoms with Crippen molar-refractivity contribution in [2.45, 2.75) is 23.2 Å².